The van der Waals surface area contributed by atoms with E-state index in [0.29, 0.717) is 17.2 Å². The fourth-order valence-electron chi connectivity index (χ4n) is 2.25. The molecule has 2 heterocycles. The first-order valence-corrected chi connectivity index (χ1v) is 6.65. The Morgan fingerprint density at radius 1 is 1.24 bits per heavy atom. The maximum atomic E-state index is 7.88. The summed E-state index contributed by atoms with van der Waals surface area (Å²) in [5, 5.41) is 7.88. The summed E-state index contributed by atoms with van der Waals surface area (Å²) in [6.07, 6.45) is 1.64. The van der Waals surface area contributed by atoms with Crippen LogP contribution in [0.3, 0.4) is 0 Å². The average molecular weight is 283 g/mol. The Balaban J connectivity index is 2.04. The molecule has 0 unspecified atom stereocenters. The van der Waals surface area contributed by atoms with Crippen molar-refractivity contribution in [3.8, 4) is 5.69 Å². The van der Waals surface area contributed by atoms with E-state index in [4.69, 9.17) is 15.9 Å². The first-order chi connectivity index (χ1) is 9.87. The molecule has 108 valence electrons. The van der Waals surface area contributed by atoms with Crippen LogP contribution in [0.15, 0.2) is 35.6 Å². The number of hydrogen-bond acceptors (Lipinski definition) is 5. The topological polar surface area (TPSA) is 89.3 Å². The van der Waals surface area contributed by atoms with Crippen molar-refractivity contribution in [2.24, 2.45) is 4.99 Å². The number of hydrogen-bond donors (Lipinski definition) is 2. The number of nitrogens with two attached hydrogens (primary N) is 1. The summed E-state index contributed by atoms with van der Waals surface area (Å²) in [5.41, 5.74) is 8.39. The minimum atomic E-state index is -0.744. The van der Waals surface area contributed by atoms with Gasteiger partial charge in [-0.1, -0.05) is 17.7 Å². The molecule has 0 bridgehead atoms. The highest BCUT2D eigenvalue weighted by Gasteiger charge is 2.34. The number of aliphatic imine (C=N–C) groups is 1. The number of aryl methyl sites for hydroxylation is 1. The second-order valence-electron chi connectivity index (χ2n) is 5.52. The fourth-order valence-corrected chi connectivity index (χ4v) is 2.25. The van der Waals surface area contributed by atoms with Gasteiger partial charge in [-0.2, -0.15) is 0 Å². The molecule has 0 atom stereocenters. The Hall–Kier alpha value is -2.63. The third-order valence-corrected chi connectivity index (χ3v) is 3.29. The van der Waals surface area contributed by atoms with Gasteiger partial charge in [-0.3, -0.25) is 9.98 Å². The zero-order valence-electron chi connectivity index (χ0n) is 12.2. The molecule has 21 heavy (non-hydrogen) atoms. The molecular weight excluding hydrogens is 266 g/mol. The predicted molar refractivity (Wildman–Crippen MR) is 82.1 cm³/mol. The van der Waals surface area contributed by atoms with Crippen molar-refractivity contribution in [2.75, 3.05) is 5.73 Å². The zero-order valence-corrected chi connectivity index (χ0v) is 12.2. The van der Waals surface area contributed by atoms with Gasteiger partial charge in [-0.15, -0.1) is 0 Å². The van der Waals surface area contributed by atoms with Crippen molar-refractivity contribution >= 4 is 17.4 Å². The van der Waals surface area contributed by atoms with Gasteiger partial charge < -0.3 is 10.5 Å². The van der Waals surface area contributed by atoms with E-state index < -0.39 is 5.72 Å². The highest BCUT2D eigenvalue weighted by Crippen LogP contribution is 2.25. The Morgan fingerprint density at radius 3 is 2.48 bits per heavy atom. The quantitative estimate of drug-likeness (QED) is 0.886. The molecule has 0 saturated carbocycles. The third kappa shape index (κ3) is 2.29. The maximum Gasteiger partial charge on any atom is 0.236 e. The van der Waals surface area contributed by atoms with Crippen LogP contribution < -0.4 is 5.73 Å². The van der Waals surface area contributed by atoms with Crippen LogP contribution >= 0.6 is 0 Å². The normalized spacial score (nSPS) is 16.7. The molecule has 0 spiro atoms. The first kappa shape index (κ1) is 13.4. The minimum absolute atomic E-state index is 0.000793. The molecule has 1 aliphatic heterocycles. The van der Waals surface area contributed by atoms with E-state index in [1.54, 1.807) is 24.7 Å². The van der Waals surface area contributed by atoms with Crippen molar-refractivity contribution < 1.29 is 4.74 Å². The lowest BCUT2D eigenvalue weighted by Crippen LogP contribution is -2.18. The molecule has 6 nitrogen and oxygen atoms in total. The van der Waals surface area contributed by atoms with Gasteiger partial charge in [0.15, 0.2) is 11.4 Å². The van der Waals surface area contributed by atoms with Crippen molar-refractivity contribution in [1.29, 1.82) is 5.41 Å². The van der Waals surface area contributed by atoms with E-state index in [-0.39, 0.29) is 5.90 Å². The van der Waals surface area contributed by atoms with E-state index in [0.717, 1.165) is 5.69 Å². The van der Waals surface area contributed by atoms with Gasteiger partial charge in [0.2, 0.25) is 5.90 Å². The van der Waals surface area contributed by atoms with Gasteiger partial charge >= 0.3 is 0 Å². The third-order valence-electron chi connectivity index (χ3n) is 3.29. The maximum absolute atomic E-state index is 7.88. The van der Waals surface area contributed by atoms with Crippen molar-refractivity contribution in [3.05, 3.63) is 41.9 Å². The summed E-state index contributed by atoms with van der Waals surface area (Å²) in [4.78, 5) is 8.67. The van der Waals surface area contributed by atoms with Crippen LogP contribution in [0.1, 0.15) is 25.1 Å². The van der Waals surface area contributed by atoms with Crippen molar-refractivity contribution in [1.82, 2.24) is 9.55 Å². The molecule has 1 aromatic heterocycles. The highest BCUT2D eigenvalue weighted by molar-refractivity contribution is 6.46. The molecule has 2 aromatic rings. The largest absolute Gasteiger partial charge is 0.448 e. The van der Waals surface area contributed by atoms with Crippen LogP contribution in [0.2, 0.25) is 0 Å². The SMILES string of the molecule is Cc1ccc(-n2cnc(C3=NC(C)(C)OC3=N)c2N)cc1. The van der Waals surface area contributed by atoms with E-state index in [1.807, 2.05) is 31.2 Å². The highest BCUT2D eigenvalue weighted by atomic mass is 16.5. The molecule has 1 aromatic carbocycles. The number of nitrogen functional groups attached to an aromatic ring is 1. The van der Waals surface area contributed by atoms with Crippen LogP contribution in [0.4, 0.5) is 5.82 Å². The number of aromatic nitrogens is 2. The van der Waals surface area contributed by atoms with E-state index in [2.05, 4.69) is 9.98 Å². The van der Waals surface area contributed by atoms with Crippen LogP contribution in [0.5, 0.6) is 0 Å². The number of anilines is 1. The lowest BCUT2D eigenvalue weighted by atomic mass is 10.2. The molecule has 0 fully saturated rings. The summed E-state index contributed by atoms with van der Waals surface area (Å²) in [6.45, 7) is 5.61. The number of imidazole rings is 1. The molecule has 0 amide bonds. The molecule has 0 saturated heterocycles. The Bertz CT molecular complexity index is 740. The van der Waals surface area contributed by atoms with Crippen LogP contribution in [-0.4, -0.2) is 26.9 Å². The van der Waals surface area contributed by atoms with Gasteiger partial charge in [0.1, 0.15) is 17.8 Å². The molecular formula is C15H17N5O. The summed E-state index contributed by atoms with van der Waals surface area (Å²) < 4.78 is 7.15. The number of nitrogens with zero attached hydrogens (tertiary/aromatic N) is 3. The number of rotatable bonds is 2. The zero-order chi connectivity index (χ0) is 15.2. The first-order valence-electron chi connectivity index (χ1n) is 6.65. The number of benzene rings is 1. The second kappa shape index (κ2) is 4.44. The molecule has 1 aliphatic rings. The molecule has 6 heteroatoms. The van der Waals surface area contributed by atoms with E-state index in [9.17, 15) is 0 Å². The minimum Gasteiger partial charge on any atom is -0.448 e. The number of ether oxygens (including phenoxy) is 1. The Morgan fingerprint density at radius 2 is 1.90 bits per heavy atom. The summed E-state index contributed by atoms with van der Waals surface area (Å²) in [5.74, 6) is 0.449. The smallest absolute Gasteiger partial charge is 0.236 e. The van der Waals surface area contributed by atoms with Crippen molar-refractivity contribution in [2.45, 2.75) is 26.5 Å². The lowest BCUT2D eigenvalue weighted by Gasteiger charge is -2.12. The standard InChI is InChI=1S/C15H17N5O/c1-9-4-6-10(7-5-9)20-8-18-11(13(20)16)12-14(17)21-15(2,3)19-12/h4-8,17H,16H2,1-3H3. The van der Waals surface area contributed by atoms with Gasteiger partial charge in [0.25, 0.3) is 0 Å². The van der Waals surface area contributed by atoms with Crippen LogP contribution in [0.25, 0.3) is 5.69 Å². The van der Waals surface area contributed by atoms with Gasteiger partial charge in [0, 0.05) is 5.69 Å². The summed E-state index contributed by atoms with van der Waals surface area (Å²) in [7, 11) is 0. The summed E-state index contributed by atoms with van der Waals surface area (Å²) in [6, 6.07) is 7.96. The molecule has 3 rings (SSSR count). The molecule has 3 N–H and O–H groups in total. The molecule has 0 aliphatic carbocycles. The fraction of sp³-hybridized carbons (Fsp3) is 0.267. The van der Waals surface area contributed by atoms with Crippen molar-refractivity contribution in [3.63, 3.8) is 0 Å². The van der Waals surface area contributed by atoms with E-state index in [1.165, 1.54) is 5.56 Å². The van der Waals surface area contributed by atoms with Crippen LogP contribution in [-0.2, 0) is 4.74 Å². The summed E-state index contributed by atoms with van der Waals surface area (Å²) >= 11 is 0. The van der Waals surface area contributed by atoms with Gasteiger partial charge in [-0.25, -0.2) is 9.98 Å². The monoisotopic (exact) mass is 283 g/mol. The second-order valence-corrected chi connectivity index (χ2v) is 5.52. The van der Waals surface area contributed by atoms with E-state index >= 15 is 0 Å². The van der Waals surface area contributed by atoms with Gasteiger partial charge in [0.05, 0.1) is 0 Å². The lowest BCUT2D eigenvalue weighted by molar-refractivity contribution is 0.121. The average Bonchev–Trinajstić information content (AvgIpc) is 2.90. The predicted octanol–water partition coefficient (Wildman–Crippen LogP) is 2.30. The molecule has 0 radical (unpaired) electrons. The Kier molecular flexibility index (Phi) is 2.83. The number of nitrogens with one attached hydrogen (secondary N) is 1. The van der Waals surface area contributed by atoms with Crippen LogP contribution in [0, 0.1) is 12.3 Å². The Labute approximate surface area is 122 Å². The van der Waals surface area contributed by atoms with Gasteiger partial charge in [-0.05, 0) is 32.9 Å².